The molecule has 4 nitrogen and oxygen atoms in total. The van der Waals surface area contributed by atoms with Crippen LogP contribution in [0.25, 0.3) is 0 Å². The fourth-order valence-electron chi connectivity index (χ4n) is 2.88. The zero-order chi connectivity index (χ0) is 19.8. The van der Waals surface area contributed by atoms with Gasteiger partial charge >= 0.3 is 0 Å². The van der Waals surface area contributed by atoms with E-state index in [0.29, 0.717) is 0 Å². The summed E-state index contributed by atoms with van der Waals surface area (Å²) in [5.41, 5.74) is 0.123. The second-order valence-corrected chi connectivity index (χ2v) is 14.1. The van der Waals surface area contributed by atoms with Gasteiger partial charge in [-0.05, 0) is 32.6 Å². The maximum atomic E-state index is 13.4. The van der Waals surface area contributed by atoms with E-state index in [1.165, 1.54) is 0 Å². The summed E-state index contributed by atoms with van der Waals surface area (Å²) >= 11 is 0. The van der Waals surface area contributed by atoms with E-state index in [9.17, 15) is 9.13 Å². The first-order valence-corrected chi connectivity index (χ1v) is 13.6. The lowest BCUT2D eigenvalue weighted by molar-refractivity contribution is 0.140. The first-order chi connectivity index (χ1) is 11.5. The summed E-state index contributed by atoms with van der Waals surface area (Å²) in [6.45, 7) is 18.3. The molecule has 0 fully saturated rings. The third-order valence-electron chi connectivity index (χ3n) is 5.68. The fraction of sp³-hybridized carbons (Fsp3) is 1.00. The second kappa shape index (κ2) is 11.3. The molecule has 0 aliphatic carbocycles. The molecule has 0 spiro atoms. The minimum Gasteiger partial charge on any atom is -0.325 e. The predicted molar refractivity (Wildman–Crippen MR) is 111 cm³/mol. The van der Waals surface area contributed by atoms with E-state index in [-0.39, 0.29) is 35.3 Å². The first-order valence-electron chi connectivity index (χ1n) is 10.0. The second-order valence-electron chi connectivity index (χ2n) is 7.53. The molecule has 0 aromatic rings. The normalized spacial score (nSPS) is 23.1. The van der Waals surface area contributed by atoms with Crippen LogP contribution in [-0.2, 0) is 18.2 Å². The van der Waals surface area contributed by atoms with Gasteiger partial charge in [0.05, 0.1) is 12.7 Å². The van der Waals surface area contributed by atoms with E-state index >= 15 is 0 Å². The van der Waals surface area contributed by atoms with Crippen molar-refractivity contribution in [1.82, 2.24) is 0 Å². The van der Waals surface area contributed by atoms with Gasteiger partial charge in [0.1, 0.15) is 0 Å². The van der Waals surface area contributed by atoms with Gasteiger partial charge in [-0.1, -0.05) is 55.4 Å². The van der Waals surface area contributed by atoms with Gasteiger partial charge in [0.25, 0.3) is 0 Å². The molecule has 0 aromatic carbocycles. The lowest BCUT2D eigenvalue weighted by Crippen LogP contribution is -2.24. The minimum absolute atomic E-state index is 0.0286. The molecule has 0 rings (SSSR count). The van der Waals surface area contributed by atoms with E-state index in [1.54, 1.807) is 0 Å². The average molecular weight is 396 g/mol. The van der Waals surface area contributed by atoms with Crippen LogP contribution in [-0.4, -0.2) is 35.3 Å². The van der Waals surface area contributed by atoms with E-state index in [2.05, 4.69) is 0 Å². The van der Waals surface area contributed by atoms with Gasteiger partial charge in [0.2, 0.25) is 14.7 Å². The molecule has 152 valence electrons. The summed E-state index contributed by atoms with van der Waals surface area (Å²) in [5, 5.41) is 0. The Balaban J connectivity index is 5.15. The Kier molecular flexibility index (Phi) is 11.4. The van der Waals surface area contributed by atoms with Crippen LogP contribution in [0.15, 0.2) is 0 Å². The highest BCUT2D eigenvalue weighted by Crippen LogP contribution is 2.61. The van der Waals surface area contributed by atoms with Crippen LogP contribution in [0.2, 0.25) is 0 Å². The summed E-state index contributed by atoms with van der Waals surface area (Å²) in [4.78, 5) is 0. The standard InChI is InChI=1S/C19H42O4P2/c1-10-16(6)24(20,17(7)11-2)22-14-15(5)23-25(21,18(8)12-3)19(9)13-4/h15-19H,10-14H2,1-9H3. The molecule has 6 heteroatoms. The highest BCUT2D eigenvalue weighted by Gasteiger charge is 2.39. The molecular weight excluding hydrogens is 354 g/mol. The third-order valence-corrected chi connectivity index (χ3v) is 13.3. The summed E-state index contributed by atoms with van der Waals surface area (Å²) in [6.07, 6.45) is 2.99. The Hall–Kier alpha value is 0.380. The molecule has 0 bridgehead atoms. The van der Waals surface area contributed by atoms with E-state index in [1.807, 2.05) is 62.3 Å². The van der Waals surface area contributed by atoms with Crippen LogP contribution in [0.5, 0.6) is 0 Å². The average Bonchev–Trinajstić information content (AvgIpc) is 2.62. The number of hydrogen-bond donors (Lipinski definition) is 0. The molecule has 0 aliphatic rings. The Labute approximate surface area is 156 Å². The lowest BCUT2D eigenvalue weighted by Gasteiger charge is -2.33. The smallest absolute Gasteiger partial charge is 0.208 e. The molecule has 0 N–H and O–H groups in total. The summed E-state index contributed by atoms with van der Waals surface area (Å²) in [5.74, 6) is 0. The van der Waals surface area contributed by atoms with Gasteiger partial charge in [-0.25, -0.2) is 0 Å². The van der Waals surface area contributed by atoms with Crippen molar-refractivity contribution in [2.45, 2.75) is 117 Å². The van der Waals surface area contributed by atoms with Crippen LogP contribution >= 0.6 is 14.7 Å². The summed E-state index contributed by atoms with van der Waals surface area (Å²) in [6, 6.07) is 0. The van der Waals surface area contributed by atoms with E-state index in [0.717, 1.165) is 25.7 Å². The topological polar surface area (TPSA) is 52.6 Å². The lowest BCUT2D eigenvalue weighted by atomic mass is 10.4. The Morgan fingerprint density at radius 1 is 0.640 bits per heavy atom. The van der Waals surface area contributed by atoms with Crippen molar-refractivity contribution in [1.29, 1.82) is 0 Å². The van der Waals surface area contributed by atoms with Gasteiger partial charge < -0.3 is 9.05 Å². The number of hydrogen-bond acceptors (Lipinski definition) is 4. The largest absolute Gasteiger partial charge is 0.325 e. The van der Waals surface area contributed by atoms with Crippen molar-refractivity contribution in [2.75, 3.05) is 6.61 Å². The molecule has 0 amide bonds. The van der Waals surface area contributed by atoms with Crippen LogP contribution in [0.1, 0.15) is 88.0 Å². The first kappa shape index (κ1) is 25.4. The molecule has 0 radical (unpaired) electrons. The molecular formula is C19H42O4P2. The van der Waals surface area contributed by atoms with Crippen LogP contribution in [0.4, 0.5) is 0 Å². The predicted octanol–water partition coefficient (Wildman–Crippen LogP) is 7.16. The van der Waals surface area contributed by atoms with E-state index < -0.39 is 14.7 Å². The van der Waals surface area contributed by atoms with Gasteiger partial charge in [0.15, 0.2) is 0 Å². The van der Waals surface area contributed by atoms with Crippen molar-refractivity contribution in [2.24, 2.45) is 0 Å². The van der Waals surface area contributed by atoms with Crippen LogP contribution in [0, 0.1) is 0 Å². The monoisotopic (exact) mass is 396 g/mol. The van der Waals surface area contributed by atoms with Crippen molar-refractivity contribution in [3.8, 4) is 0 Å². The Bertz CT molecular complexity index is 438. The minimum atomic E-state index is -2.77. The maximum absolute atomic E-state index is 13.4. The van der Waals surface area contributed by atoms with Gasteiger partial charge in [-0.2, -0.15) is 0 Å². The van der Waals surface area contributed by atoms with Gasteiger partial charge in [0, 0.05) is 22.6 Å². The molecule has 5 unspecified atom stereocenters. The van der Waals surface area contributed by atoms with Gasteiger partial charge in [-0.3, -0.25) is 9.13 Å². The Morgan fingerprint density at radius 2 is 0.960 bits per heavy atom. The summed E-state index contributed by atoms with van der Waals surface area (Å²) in [7, 11) is -5.52. The fourth-order valence-corrected chi connectivity index (χ4v) is 8.65. The van der Waals surface area contributed by atoms with Crippen LogP contribution < -0.4 is 0 Å². The number of rotatable bonds is 13. The summed E-state index contributed by atoms with van der Waals surface area (Å²) < 4.78 is 38.9. The van der Waals surface area contributed by atoms with Crippen LogP contribution in [0.3, 0.4) is 0 Å². The third kappa shape index (κ3) is 6.49. The molecule has 0 saturated carbocycles. The van der Waals surface area contributed by atoms with Gasteiger partial charge in [-0.15, -0.1) is 0 Å². The highest BCUT2D eigenvalue weighted by molar-refractivity contribution is 7.60. The quantitative estimate of drug-likeness (QED) is 0.310. The van der Waals surface area contributed by atoms with Crippen molar-refractivity contribution in [3.05, 3.63) is 0 Å². The van der Waals surface area contributed by atoms with Crippen molar-refractivity contribution >= 4 is 14.7 Å². The molecule has 25 heavy (non-hydrogen) atoms. The maximum Gasteiger partial charge on any atom is 0.208 e. The molecule has 0 aliphatic heterocycles. The molecule has 0 heterocycles. The van der Waals surface area contributed by atoms with E-state index in [4.69, 9.17) is 9.05 Å². The molecule has 0 aromatic heterocycles. The van der Waals surface area contributed by atoms with Crippen molar-refractivity contribution in [3.63, 3.8) is 0 Å². The Morgan fingerprint density at radius 3 is 1.28 bits per heavy atom. The highest BCUT2D eigenvalue weighted by atomic mass is 31.2. The SMILES string of the molecule is CCC(C)P(=O)(OCC(C)OP(=O)(C(C)CC)C(C)CC)C(C)CC. The molecule has 0 saturated heterocycles. The van der Waals surface area contributed by atoms with Crippen molar-refractivity contribution < 1.29 is 18.2 Å². The zero-order valence-electron chi connectivity index (χ0n) is 17.9. The molecule has 5 atom stereocenters. The zero-order valence-corrected chi connectivity index (χ0v) is 19.7.